The third-order valence-electron chi connectivity index (χ3n) is 1.64. The van der Waals surface area contributed by atoms with Crippen LogP contribution in [-0.2, 0) is 17.8 Å². The summed E-state index contributed by atoms with van der Waals surface area (Å²) in [5.74, 6) is 0. The molecule has 1 rings (SSSR count). The topological polar surface area (TPSA) is 53.1 Å². The number of rotatable bonds is 5. The van der Waals surface area contributed by atoms with E-state index in [-0.39, 0.29) is 0 Å². The first-order valence-corrected chi connectivity index (χ1v) is 4.08. The van der Waals surface area contributed by atoms with Gasteiger partial charge in [-0.05, 0) is 12.5 Å². The minimum absolute atomic E-state index is 0.511. The summed E-state index contributed by atoms with van der Waals surface area (Å²) < 4.78 is 6.82. The van der Waals surface area contributed by atoms with E-state index < -0.39 is 0 Å². The van der Waals surface area contributed by atoms with Gasteiger partial charge < -0.3 is 10.5 Å². The fourth-order valence-corrected chi connectivity index (χ4v) is 1.01. The molecule has 0 radical (unpaired) electrons. The number of nitrogens with two attached hydrogens (primary N) is 1. The maximum Gasteiger partial charge on any atom is 0.0760 e. The molecule has 1 heterocycles. The van der Waals surface area contributed by atoms with Gasteiger partial charge in [-0.3, -0.25) is 4.68 Å². The predicted molar refractivity (Wildman–Crippen MR) is 46.6 cm³/mol. The van der Waals surface area contributed by atoms with E-state index in [4.69, 9.17) is 10.5 Å². The van der Waals surface area contributed by atoms with E-state index in [1.54, 1.807) is 7.11 Å². The Morgan fingerprint density at radius 1 is 1.67 bits per heavy atom. The molecular weight excluding hydrogens is 154 g/mol. The lowest BCUT2D eigenvalue weighted by Crippen LogP contribution is -2.04. The lowest BCUT2D eigenvalue weighted by Gasteiger charge is -1.99. The second-order valence-electron chi connectivity index (χ2n) is 2.62. The predicted octanol–water partition coefficient (Wildman–Crippen LogP) is 0.378. The largest absolute Gasteiger partial charge is 0.385 e. The van der Waals surface area contributed by atoms with Crippen molar-refractivity contribution in [3.05, 3.63) is 18.0 Å². The van der Waals surface area contributed by atoms with Gasteiger partial charge in [0, 0.05) is 33.0 Å². The maximum absolute atomic E-state index is 5.42. The maximum atomic E-state index is 5.42. The Hall–Kier alpha value is -0.870. The molecule has 0 amide bonds. The van der Waals surface area contributed by atoms with Crippen LogP contribution in [-0.4, -0.2) is 23.5 Å². The molecule has 0 atom stereocenters. The van der Waals surface area contributed by atoms with Crippen molar-refractivity contribution in [2.24, 2.45) is 5.73 Å². The summed E-state index contributed by atoms with van der Waals surface area (Å²) >= 11 is 0. The molecule has 4 nitrogen and oxygen atoms in total. The van der Waals surface area contributed by atoms with E-state index >= 15 is 0 Å². The molecule has 1 aromatic heterocycles. The first kappa shape index (κ1) is 9.22. The highest BCUT2D eigenvalue weighted by atomic mass is 16.5. The second-order valence-corrected chi connectivity index (χ2v) is 2.62. The molecule has 12 heavy (non-hydrogen) atoms. The van der Waals surface area contributed by atoms with Crippen LogP contribution < -0.4 is 5.73 Å². The minimum Gasteiger partial charge on any atom is -0.385 e. The minimum atomic E-state index is 0.511. The van der Waals surface area contributed by atoms with Gasteiger partial charge in [0.2, 0.25) is 0 Å². The van der Waals surface area contributed by atoms with Crippen LogP contribution in [0.15, 0.2) is 12.3 Å². The molecule has 0 unspecified atom stereocenters. The Morgan fingerprint density at radius 3 is 3.08 bits per heavy atom. The second kappa shape index (κ2) is 4.90. The van der Waals surface area contributed by atoms with Crippen molar-refractivity contribution in [3.8, 4) is 0 Å². The number of nitrogens with zero attached hydrogens (tertiary/aromatic N) is 2. The van der Waals surface area contributed by atoms with E-state index in [0.29, 0.717) is 6.54 Å². The first-order chi connectivity index (χ1) is 5.86. The molecule has 0 aliphatic carbocycles. The van der Waals surface area contributed by atoms with Crippen LogP contribution in [0.5, 0.6) is 0 Å². The molecule has 4 heteroatoms. The van der Waals surface area contributed by atoms with E-state index in [1.165, 1.54) is 0 Å². The van der Waals surface area contributed by atoms with Gasteiger partial charge in [0.15, 0.2) is 0 Å². The zero-order valence-corrected chi connectivity index (χ0v) is 7.36. The fourth-order valence-electron chi connectivity index (χ4n) is 1.01. The van der Waals surface area contributed by atoms with Crippen molar-refractivity contribution < 1.29 is 4.74 Å². The quantitative estimate of drug-likeness (QED) is 0.648. The molecule has 2 N–H and O–H groups in total. The summed E-state index contributed by atoms with van der Waals surface area (Å²) in [6.45, 7) is 2.18. The average molecular weight is 169 g/mol. The smallest absolute Gasteiger partial charge is 0.0760 e. The van der Waals surface area contributed by atoms with Gasteiger partial charge >= 0.3 is 0 Å². The Morgan fingerprint density at radius 2 is 2.50 bits per heavy atom. The molecule has 0 fully saturated rings. The van der Waals surface area contributed by atoms with E-state index in [1.807, 2.05) is 16.9 Å². The number of ether oxygens (including phenoxy) is 1. The van der Waals surface area contributed by atoms with Crippen molar-refractivity contribution in [1.29, 1.82) is 0 Å². The molecule has 0 bridgehead atoms. The molecule has 68 valence electrons. The lowest BCUT2D eigenvalue weighted by molar-refractivity contribution is 0.189. The molecule has 0 spiro atoms. The molecule has 1 aromatic rings. The summed E-state index contributed by atoms with van der Waals surface area (Å²) in [7, 11) is 1.70. The summed E-state index contributed by atoms with van der Waals surface area (Å²) in [5.41, 5.74) is 6.35. The highest BCUT2D eigenvalue weighted by Gasteiger charge is 1.95. The van der Waals surface area contributed by atoms with E-state index in [0.717, 1.165) is 25.3 Å². The zero-order chi connectivity index (χ0) is 8.81. The Labute approximate surface area is 72.3 Å². The summed E-state index contributed by atoms with van der Waals surface area (Å²) in [4.78, 5) is 0. The Balaban J connectivity index is 2.31. The summed E-state index contributed by atoms with van der Waals surface area (Å²) in [6, 6.07) is 1.94. The van der Waals surface area contributed by atoms with Crippen molar-refractivity contribution in [3.63, 3.8) is 0 Å². The van der Waals surface area contributed by atoms with Crippen LogP contribution in [0.4, 0.5) is 0 Å². The van der Waals surface area contributed by atoms with E-state index in [9.17, 15) is 0 Å². The number of hydrogen-bond donors (Lipinski definition) is 1. The third kappa shape index (κ3) is 2.64. The highest BCUT2D eigenvalue weighted by Crippen LogP contribution is 1.95. The first-order valence-electron chi connectivity index (χ1n) is 4.08. The van der Waals surface area contributed by atoms with Gasteiger partial charge in [-0.25, -0.2) is 0 Å². The highest BCUT2D eigenvalue weighted by molar-refractivity contribution is 4.97. The van der Waals surface area contributed by atoms with Crippen molar-refractivity contribution >= 4 is 0 Å². The van der Waals surface area contributed by atoms with Crippen LogP contribution in [0.2, 0.25) is 0 Å². The van der Waals surface area contributed by atoms with Gasteiger partial charge in [-0.2, -0.15) is 5.10 Å². The number of aromatic nitrogens is 2. The molecule has 0 aromatic carbocycles. The number of methoxy groups -OCH3 is 1. The van der Waals surface area contributed by atoms with E-state index in [2.05, 4.69) is 5.10 Å². The zero-order valence-electron chi connectivity index (χ0n) is 7.36. The van der Waals surface area contributed by atoms with Gasteiger partial charge in [-0.1, -0.05) is 0 Å². The van der Waals surface area contributed by atoms with Gasteiger partial charge in [0.1, 0.15) is 0 Å². The van der Waals surface area contributed by atoms with Crippen LogP contribution in [0, 0.1) is 0 Å². The normalized spacial score (nSPS) is 10.5. The monoisotopic (exact) mass is 169 g/mol. The van der Waals surface area contributed by atoms with Crippen LogP contribution in [0.1, 0.15) is 12.1 Å². The van der Waals surface area contributed by atoms with Gasteiger partial charge in [-0.15, -0.1) is 0 Å². The molecule has 0 aliphatic rings. The standard InChI is InChI=1S/C8H15N3O/c1-12-6-2-4-11-5-3-8(7-9)10-11/h3,5H,2,4,6-7,9H2,1H3. The number of aryl methyl sites for hydroxylation is 1. The fraction of sp³-hybridized carbons (Fsp3) is 0.625. The lowest BCUT2D eigenvalue weighted by atomic mass is 10.4. The molecular formula is C8H15N3O. The van der Waals surface area contributed by atoms with Crippen molar-refractivity contribution in [2.75, 3.05) is 13.7 Å². The SMILES string of the molecule is COCCCn1ccc(CN)n1. The summed E-state index contributed by atoms with van der Waals surface area (Å²) in [6.07, 6.45) is 2.93. The van der Waals surface area contributed by atoms with Crippen LogP contribution in [0.3, 0.4) is 0 Å². The number of hydrogen-bond acceptors (Lipinski definition) is 3. The third-order valence-corrected chi connectivity index (χ3v) is 1.64. The van der Waals surface area contributed by atoms with Crippen LogP contribution in [0.25, 0.3) is 0 Å². The summed E-state index contributed by atoms with van der Waals surface area (Å²) in [5, 5.41) is 4.24. The Kier molecular flexibility index (Phi) is 3.76. The van der Waals surface area contributed by atoms with Crippen LogP contribution >= 0.6 is 0 Å². The molecule has 0 saturated carbocycles. The Bertz CT molecular complexity index is 222. The average Bonchev–Trinajstić information content (AvgIpc) is 2.53. The van der Waals surface area contributed by atoms with Crippen molar-refractivity contribution in [1.82, 2.24) is 9.78 Å². The van der Waals surface area contributed by atoms with Gasteiger partial charge in [0.25, 0.3) is 0 Å². The van der Waals surface area contributed by atoms with Gasteiger partial charge in [0.05, 0.1) is 5.69 Å². The molecule has 0 saturated heterocycles. The van der Waals surface area contributed by atoms with Crippen molar-refractivity contribution in [2.45, 2.75) is 19.5 Å². The molecule has 0 aliphatic heterocycles.